The Hall–Kier alpha value is -2.21. The van der Waals surface area contributed by atoms with Gasteiger partial charge in [-0.25, -0.2) is 8.42 Å². The molecule has 5 nitrogen and oxygen atoms in total. The minimum absolute atomic E-state index is 0.161. The first-order chi connectivity index (χ1) is 9.94. The maximum atomic E-state index is 12.5. The van der Waals surface area contributed by atoms with Gasteiger partial charge in [0.05, 0.1) is 17.2 Å². The Morgan fingerprint density at radius 2 is 1.90 bits per heavy atom. The topological polar surface area (TPSA) is 81.4 Å². The lowest BCUT2D eigenvalue weighted by Gasteiger charge is -2.14. The zero-order valence-electron chi connectivity index (χ0n) is 12.0. The first kappa shape index (κ1) is 15.2. The van der Waals surface area contributed by atoms with Crippen LogP contribution in [0.1, 0.15) is 12.5 Å². The summed E-state index contributed by atoms with van der Waals surface area (Å²) in [5.41, 5.74) is 7.11. The average molecular weight is 306 g/mol. The molecule has 0 spiro atoms. The van der Waals surface area contributed by atoms with Gasteiger partial charge in [-0.15, -0.1) is 0 Å². The standard InChI is InChI=1S/C15H18N2O3S/c1-3-20-14-7-5-4-6-13(14)17-21(18,19)15-10-12(16)9-8-11(15)2/h4-10,17H,3,16H2,1-2H3. The van der Waals surface area contributed by atoms with Crippen LogP contribution in [0.2, 0.25) is 0 Å². The van der Waals surface area contributed by atoms with Gasteiger partial charge < -0.3 is 10.5 Å². The van der Waals surface area contributed by atoms with Crippen molar-refractivity contribution in [2.45, 2.75) is 18.7 Å². The summed E-state index contributed by atoms with van der Waals surface area (Å²) >= 11 is 0. The maximum Gasteiger partial charge on any atom is 0.262 e. The van der Waals surface area contributed by atoms with Crippen LogP contribution in [0.15, 0.2) is 47.4 Å². The Bertz CT molecular complexity index is 742. The Morgan fingerprint density at radius 1 is 1.19 bits per heavy atom. The van der Waals surface area contributed by atoms with Gasteiger partial charge in [-0.3, -0.25) is 4.72 Å². The molecule has 2 aromatic rings. The van der Waals surface area contributed by atoms with E-state index in [0.717, 1.165) is 0 Å². The zero-order chi connectivity index (χ0) is 15.5. The fourth-order valence-corrected chi connectivity index (χ4v) is 3.29. The van der Waals surface area contributed by atoms with Crippen LogP contribution in [-0.4, -0.2) is 15.0 Å². The minimum atomic E-state index is -3.72. The number of ether oxygens (including phenoxy) is 1. The number of nitrogen functional groups attached to an aromatic ring is 1. The molecule has 0 bridgehead atoms. The van der Waals surface area contributed by atoms with Crippen LogP contribution >= 0.6 is 0 Å². The maximum absolute atomic E-state index is 12.5. The molecule has 0 aliphatic carbocycles. The summed E-state index contributed by atoms with van der Waals surface area (Å²) in [6.07, 6.45) is 0. The third-order valence-corrected chi connectivity index (χ3v) is 4.44. The van der Waals surface area contributed by atoms with Crippen molar-refractivity contribution < 1.29 is 13.2 Å². The van der Waals surface area contributed by atoms with E-state index in [-0.39, 0.29) is 4.90 Å². The molecule has 0 saturated carbocycles. The van der Waals surface area contributed by atoms with Gasteiger partial charge in [0.15, 0.2) is 0 Å². The fourth-order valence-electron chi connectivity index (χ4n) is 1.94. The molecule has 0 unspecified atom stereocenters. The summed E-state index contributed by atoms with van der Waals surface area (Å²) in [5, 5.41) is 0. The molecule has 0 atom stereocenters. The number of benzene rings is 2. The first-order valence-electron chi connectivity index (χ1n) is 6.55. The second-order valence-corrected chi connectivity index (χ2v) is 6.21. The van der Waals surface area contributed by atoms with E-state index in [9.17, 15) is 8.42 Å². The first-order valence-corrected chi connectivity index (χ1v) is 8.03. The molecule has 112 valence electrons. The zero-order valence-corrected chi connectivity index (χ0v) is 12.8. The summed E-state index contributed by atoms with van der Waals surface area (Å²) < 4.78 is 33.0. The lowest BCUT2D eigenvalue weighted by atomic mass is 10.2. The van der Waals surface area contributed by atoms with Crippen molar-refractivity contribution in [2.75, 3.05) is 17.1 Å². The molecule has 2 rings (SSSR count). The van der Waals surface area contributed by atoms with Crippen molar-refractivity contribution >= 4 is 21.4 Å². The number of sulfonamides is 1. The number of nitrogens with one attached hydrogen (secondary N) is 1. The van der Waals surface area contributed by atoms with Crippen LogP contribution in [0.25, 0.3) is 0 Å². The predicted molar refractivity (Wildman–Crippen MR) is 84.0 cm³/mol. The molecule has 0 amide bonds. The second kappa shape index (κ2) is 6.05. The summed E-state index contributed by atoms with van der Waals surface area (Å²) in [6.45, 7) is 4.02. The van der Waals surface area contributed by atoms with Gasteiger partial charge in [0.25, 0.3) is 10.0 Å². The summed E-state index contributed by atoms with van der Waals surface area (Å²) in [6, 6.07) is 11.7. The van der Waals surface area contributed by atoms with E-state index in [1.807, 2.05) is 6.92 Å². The minimum Gasteiger partial charge on any atom is -0.492 e. The molecular formula is C15H18N2O3S. The van der Waals surface area contributed by atoms with Gasteiger partial charge >= 0.3 is 0 Å². The second-order valence-electron chi connectivity index (χ2n) is 4.56. The summed E-state index contributed by atoms with van der Waals surface area (Å²) in [5.74, 6) is 0.491. The molecule has 0 saturated heterocycles. The molecule has 2 aromatic carbocycles. The van der Waals surface area contributed by atoms with Crippen LogP contribution in [0.5, 0.6) is 5.75 Å². The Morgan fingerprint density at radius 3 is 2.62 bits per heavy atom. The molecule has 0 aliphatic rings. The highest BCUT2D eigenvalue weighted by molar-refractivity contribution is 7.92. The van der Waals surface area contributed by atoms with Gasteiger partial charge in [-0.2, -0.15) is 0 Å². The molecule has 21 heavy (non-hydrogen) atoms. The smallest absolute Gasteiger partial charge is 0.262 e. The van der Waals surface area contributed by atoms with Crippen molar-refractivity contribution in [1.29, 1.82) is 0 Å². The molecule has 0 aromatic heterocycles. The molecule has 6 heteroatoms. The quantitative estimate of drug-likeness (QED) is 0.832. The molecular weight excluding hydrogens is 288 g/mol. The Labute approximate surface area is 124 Å². The normalized spacial score (nSPS) is 11.1. The fraction of sp³-hybridized carbons (Fsp3) is 0.200. The SMILES string of the molecule is CCOc1ccccc1NS(=O)(=O)c1cc(N)ccc1C. The van der Waals surface area contributed by atoms with E-state index in [2.05, 4.69) is 4.72 Å². The van der Waals surface area contributed by atoms with Gasteiger partial charge in [0.1, 0.15) is 5.75 Å². The van der Waals surface area contributed by atoms with E-state index in [1.54, 1.807) is 43.3 Å². The van der Waals surface area contributed by atoms with Crippen molar-refractivity contribution in [1.82, 2.24) is 0 Å². The van der Waals surface area contributed by atoms with E-state index < -0.39 is 10.0 Å². The van der Waals surface area contributed by atoms with Crippen molar-refractivity contribution in [3.8, 4) is 5.75 Å². The number of anilines is 2. The van der Waals surface area contributed by atoms with Crippen molar-refractivity contribution in [3.63, 3.8) is 0 Å². The molecule has 0 aliphatic heterocycles. The van der Waals surface area contributed by atoms with Crippen molar-refractivity contribution in [3.05, 3.63) is 48.0 Å². The summed E-state index contributed by atoms with van der Waals surface area (Å²) in [7, 11) is -3.72. The molecule has 3 N–H and O–H groups in total. The van der Waals surface area contributed by atoms with Crippen LogP contribution < -0.4 is 15.2 Å². The average Bonchev–Trinajstić information content (AvgIpc) is 2.43. The van der Waals surface area contributed by atoms with Crippen LogP contribution in [0, 0.1) is 6.92 Å². The van der Waals surface area contributed by atoms with Gasteiger partial charge in [0, 0.05) is 5.69 Å². The van der Waals surface area contributed by atoms with E-state index in [4.69, 9.17) is 10.5 Å². The van der Waals surface area contributed by atoms with Crippen LogP contribution in [0.4, 0.5) is 11.4 Å². The predicted octanol–water partition coefficient (Wildman–Crippen LogP) is 2.78. The Kier molecular flexibility index (Phi) is 4.37. The Balaban J connectivity index is 2.40. The van der Waals surface area contributed by atoms with E-state index >= 15 is 0 Å². The lowest BCUT2D eigenvalue weighted by molar-refractivity contribution is 0.342. The molecule has 0 radical (unpaired) electrons. The third-order valence-electron chi connectivity index (χ3n) is 2.93. The number of para-hydroxylation sites is 2. The van der Waals surface area contributed by atoms with Crippen molar-refractivity contribution in [2.24, 2.45) is 0 Å². The van der Waals surface area contributed by atoms with Gasteiger partial charge in [-0.1, -0.05) is 18.2 Å². The monoisotopic (exact) mass is 306 g/mol. The van der Waals surface area contributed by atoms with E-state index in [0.29, 0.717) is 29.3 Å². The highest BCUT2D eigenvalue weighted by atomic mass is 32.2. The van der Waals surface area contributed by atoms with Gasteiger partial charge in [0.2, 0.25) is 0 Å². The number of aryl methyl sites for hydroxylation is 1. The highest BCUT2D eigenvalue weighted by Crippen LogP contribution is 2.28. The number of rotatable bonds is 5. The van der Waals surface area contributed by atoms with E-state index in [1.165, 1.54) is 6.07 Å². The third kappa shape index (κ3) is 3.46. The highest BCUT2D eigenvalue weighted by Gasteiger charge is 2.19. The number of nitrogens with two attached hydrogens (primary N) is 1. The lowest BCUT2D eigenvalue weighted by Crippen LogP contribution is -2.15. The van der Waals surface area contributed by atoms with Crippen LogP contribution in [-0.2, 0) is 10.0 Å². The molecule has 0 heterocycles. The van der Waals surface area contributed by atoms with Crippen LogP contribution in [0.3, 0.4) is 0 Å². The molecule has 0 fully saturated rings. The van der Waals surface area contributed by atoms with Gasteiger partial charge in [-0.05, 0) is 43.7 Å². The summed E-state index contributed by atoms with van der Waals surface area (Å²) in [4.78, 5) is 0.161. The number of hydrogen-bond acceptors (Lipinski definition) is 4. The largest absolute Gasteiger partial charge is 0.492 e. The number of hydrogen-bond donors (Lipinski definition) is 2.